The van der Waals surface area contributed by atoms with Gasteiger partial charge >= 0.3 is 0 Å². The Bertz CT molecular complexity index is 1010. The van der Waals surface area contributed by atoms with E-state index in [0.29, 0.717) is 34.1 Å². The molecule has 6 nitrogen and oxygen atoms in total. The maximum absolute atomic E-state index is 12.5. The van der Waals surface area contributed by atoms with Gasteiger partial charge in [0.05, 0.1) is 29.1 Å². The smallest absolute Gasteiger partial charge is 0.261 e. The highest BCUT2D eigenvalue weighted by atomic mass is 16.2. The number of imide groups is 1. The summed E-state index contributed by atoms with van der Waals surface area (Å²) in [6.07, 6.45) is 6.28. The number of anilines is 1. The van der Waals surface area contributed by atoms with Crippen molar-refractivity contribution in [3.05, 3.63) is 65.1 Å². The Morgan fingerprint density at radius 3 is 2.40 bits per heavy atom. The zero-order valence-electron chi connectivity index (χ0n) is 13.5. The Balaban J connectivity index is 1.50. The minimum Gasteiger partial charge on any atom is -0.396 e. The van der Waals surface area contributed by atoms with Crippen molar-refractivity contribution in [1.29, 1.82) is 0 Å². The summed E-state index contributed by atoms with van der Waals surface area (Å²) in [5.41, 5.74) is 10.2. The third-order valence-corrected chi connectivity index (χ3v) is 4.90. The summed E-state index contributed by atoms with van der Waals surface area (Å²) in [6, 6.07) is 8.86. The molecule has 0 atom stereocenters. The molecule has 1 fully saturated rings. The first-order valence-corrected chi connectivity index (χ1v) is 8.34. The third-order valence-electron chi connectivity index (χ3n) is 4.90. The van der Waals surface area contributed by atoms with Crippen LogP contribution in [0.3, 0.4) is 0 Å². The summed E-state index contributed by atoms with van der Waals surface area (Å²) in [6.45, 7) is 0.145. The fraction of sp³-hybridized carbons (Fsp3) is 0.211. The molecule has 2 amide bonds. The van der Waals surface area contributed by atoms with Crippen molar-refractivity contribution in [2.24, 2.45) is 0 Å². The molecule has 0 radical (unpaired) electrons. The van der Waals surface area contributed by atoms with Gasteiger partial charge in [-0.3, -0.25) is 14.5 Å². The van der Waals surface area contributed by atoms with E-state index < -0.39 is 0 Å². The predicted molar refractivity (Wildman–Crippen MR) is 92.2 cm³/mol. The van der Waals surface area contributed by atoms with Gasteiger partial charge in [-0.05, 0) is 42.5 Å². The van der Waals surface area contributed by atoms with Crippen molar-refractivity contribution >= 4 is 23.1 Å². The molecule has 25 heavy (non-hydrogen) atoms. The number of rotatable bonds is 3. The average Bonchev–Trinajstić information content (AvgIpc) is 3.34. The van der Waals surface area contributed by atoms with Crippen LogP contribution in [0.15, 0.2) is 42.7 Å². The zero-order valence-corrected chi connectivity index (χ0v) is 13.5. The molecule has 3 heterocycles. The molecule has 5 rings (SSSR count). The first-order chi connectivity index (χ1) is 12.1. The van der Waals surface area contributed by atoms with Gasteiger partial charge in [0.15, 0.2) is 5.65 Å². The number of amides is 2. The summed E-state index contributed by atoms with van der Waals surface area (Å²) in [5.74, 6) is 0.0439. The summed E-state index contributed by atoms with van der Waals surface area (Å²) in [5, 5.41) is 0. The van der Waals surface area contributed by atoms with E-state index in [1.54, 1.807) is 24.3 Å². The molecular formula is C19H16N4O2. The van der Waals surface area contributed by atoms with Crippen molar-refractivity contribution in [3.63, 3.8) is 0 Å². The number of carbonyl (C=O) groups excluding carboxylic acids is 2. The van der Waals surface area contributed by atoms with E-state index in [0.717, 1.165) is 0 Å². The van der Waals surface area contributed by atoms with E-state index >= 15 is 0 Å². The SMILES string of the molecule is Nc1cc(C2CC2)cn2cc(CN3C(=O)c4ccccc4C3=O)nc12. The standard InChI is InChI=1S/C19H16N4O2/c20-16-7-12(11-5-6-11)8-22-9-13(21-17(16)22)10-23-18(24)14-3-1-2-4-15(14)19(23)25/h1-4,7-9,11H,5-6,10,20H2. The molecule has 3 aromatic rings. The van der Waals surface area contributed by atoms with Gasteiger partial charge in [0.25, 0.3) is 11.8 Å². The summed E-state index contributed by atoms with van der Waals surface area (Å²) < 4.78 is 1.90. The molecule has 1 aromatic carbocycles. The maximum Gasteiger partial charge on any atom is 0.261 e. The molecule has 2 N–H and O–H groups in total. The molecular weight excluding hydrogens is 316 g/mol. The molecule has 1 aliphatic heterocycles. The number of nitrogens with zero attached hydrogens (tertiary/aromatic N) is 3. The number of nitrogens with two attached hydrogens (primary N) is 1. The second-order valence-electron chi connectivity index (χ2n) is 6.71. The van der Waals surface area contributed by atoms with Crippen LogP contribution in [0, 0.1) is 0 Å². The van der Waals surface area contributed by atoms with Crippen LogP contribution in [0.4, 0.5) is 5.69 Å². The van der Waals surface area contributed by atoms with Gasteiger partial charge in [0.2, 0.25) is 0 Å². The number of hydrogen-bond donors (Lipinski definition) is 1. The molecule has 2 aliphatic rings. The second kappa shape index (κ2) is 4.92. The fourth-order valence-electron chi connectivity index (χ4n) is 3.46. The lowest BCUT2D eigenvalue weighted by atomic mass is 10.1. The van der Waals surface area contributed by atoms with Crippen LogP contribution in [0.25, 0.3) is 5.65 Å². The lowest BCUT2D eigenvalue weighted by Crippen LogP contribution is -2.29. The van der Waals surface area contributed by atoms with Gasteiger partial charge < -0.3 is 10.1 Å². The first-order valence-electron chi connectivity index (χ1n) is 8.34. The van der Waals surface area contributed by atoms with E-state index in [9.17, 15) is 9.59 Å². The second-order valence-corrected chi connectivity index (χ2v) is 6.71. The van der Waals surface area contributed by atoms with Gasteiger partial charge in [-0.1, -0.05) is 12.1 Å². The molecule has 1 aliphatic carbocycles. The number of carbonyl (C=O) groups is 2. The number of hydrogen-bond acceptors (Lipinski definition) is 4. The Morgan fingerprint density at radius 2 is 1.76 bits per heavy atom. The minimum atomic E-state index is -0.274. The van der Waals surface area contributed by atoms with Crippen LogP contribution in [0.2, 0.25) is 0 Å². The number of nitrogen functional groups attached to an aromatic ring is 1. The van der Waals surface area contributed by atoms with E-state index in [1.807, 2.05) is 22.9 Å². The third kappa shape index (κ3) is 2.14. The van der Waals surface area contributed by atoms with Gasteiger partial charge in [-0.25, -0.2) is 4.98 Å². The lowest BCUT2D eigenvalue weighted by molar-refractivity contribution is 0.0640. The molecule has 1 saturated carbocycles. The summed E-state index contributed by atoms with van der Waals surface area (Å²) >= 11 is 0. The number of imidazole rings is 1. The van der Waals surface area contributed by atoms with Crippen molar-refractivity contribution in [2.75, 3.05) is 5.73 Å². The van der Waals surface area contributed by atoms with Crippen LogP contribution >= 0.6 is 0 Å². The zero-order chi connectivity index (χ0) is 17.1. The topological polar surface area (TPSA) is 80.7 Å². The van der Waals surface area contributed by atoms with Gasteiger partial charge in [0, 0.05) is 12.4 Å². The Kier molecular flexibility index (Phi) is 2.80. The van der Waals surface area contributed by atoms with Crippen LogP contribution in [0.5, 0.6) is 0 Å². The lowest BCUT2D eigenvalue weighted by Gasteiger charge is -2.11. The van der Waals surface area contributed by atoms with Gasteiger partial charge in [0.1, 0.15) is 0 Å². The molecule has 2 aromatic heterocycles. The summed E-state index contributed by atoms with van der Waals surface area (Å²) in [7, 11) is 0. The average molecular weight is 332 g/mol. The van der Waals surface area contributed by atoms with Crippen LogP contribution in [-0.4, -0.2) is 26.1 Å². The van der Waals surface area contributed by atoms with Crippen LogP contribution in [-0.2, 0) is 6.54 Å². The molecule has 6 heteroatoms. The monoisotopic (exact) mass is 332 g/mol. The van der Waals surface area contributed by atoms with Crippen LogP contribution in [0.1, 0.15) is 50.7 Å². The molecule has 124 valence electrons. The normalized spacial score (nSPS) is 16.7. The Labute approximate surface area is 143 Å². The highest BCUT2D eigenvalue weighted by molar-refractivity contribution is 6.21. The molecule has 0 unspecified atom stereocenters. The number of aromatic nitrogens is 2. The molecule has 0 saturated heterocycles. The van der Waals surface area contributed by atoms with E-state index in [4.69, 9.17) is 5.73 Å². The maximum atomic E-state index is 12.5. The molecule has 0 spiro atoms. The quantitative estimate of drug-likeness (QED) is 0.748. The molecule has 0 bridgehead atoms. The van der Waals surface area contributed by atoms with Crippen molar-refractivity contribution in [2.45, 2.75) is 25.3 Å². The predicted octanol–water partition coefficient (Wildman–Crippen LogP) is 2.59. The highest BCUT2D eigenvalue weighted by Gasteiger charge is 2.35. The van der Waals surface area contributed by atoms with Crippen molar-refractivity contribution < 1.29 is 9.59 Å². The minimum absolute atomic E-state index is 0.145. The number of pyridine rings is 1. The number of benzene rings is 1. The Morgan fingerprint density at radius 1 is 1.08 bits per heavy atom. The first kappa shape index (κ1) is 14.2. The van der Waals surface area contributed by atoms with E-state index in [2.05, 4.69) is 4.98 Å². The summed E-state index contributed by atoms with van der Waals surface area (Å²) in [4.78, 5) is 30.7. The van der Waals surface area contributed by atoms with Gasteiger partial charge in [-0.2, -0.15) is 0 Å². The largest absolute Gasteiger partial charge is 0.396 e. The number of fused-ring (bicyclic) bond motifs is 2. The van der Waals surface area contributed by atoms with Crippen LogP contribution < -0.4 is 5.73 Å². The van der Waals surface area contributed by atoms with Crippen molar-refractivity contribution in [3.8, 4) is 0 Å². The fourth-order valence-corrected chi connectivity index (χ4v) is 3.46. The van der Waals surface area contributed by atoms with Crippen molar-refractivity contribution in [1.82, 2.24) is 14.3 Å². The highest BCUT2D eigenvalue weighted by Crippen LogP contribution is 2.41. The van der Waals surface area contributed by atoms with E-state index in [-0.39, 0.29) is 18.4 Å². The van der Waals surface area contributed by atoms with Gasteiger partial charge in [-0.15, -0.1) is 0 Å². The van der Waals surface area contributed by atoms with E-state index in [1.165, 1.54) is 23.3 Å². The Hall–Kier alpha value is -3.15.